The van der Waals surface area contributed by atoms with E-state index in [-0.39, 0.29) is 0 Å². The second-order valence-corrected chi connectivity index (χ2v) is 9.71. The van der Waals surface area contributed by atoms with E-state index < -0.39 is 30.0 Å². The highest BCUT2D eigenvalue weighted by molar-refractivity contribution is 9.10. The van der Waals surface area contributed by atoms with Gasteiger partial charge in [0, 0.05) is 34.5 Å². The van der Waals surface area contributed by atoms with Crippen LogP contribution < -0.4 is 4.74 Å². The lowest BCUT2D eigenvalue weighted by molar-refractivity contribution is -0.266. The van der Waals surface area contributed by atoms with Crippen molar-refractivity contribution in [3.05, 3.63) is 69.8 Å². The van der Waals surface area contributed by atoms with Crippen LogP contribution in [0.25, 0.3) is 10.9 Å². The first-order valence-corrected chi connectivity index (χ1v) is 10.9. The number of hydrogen-bond acceptors (Lipinski definition) is 3. The highest BCUT2D eigenvalue weighted by Crippen LogP contribution is 2.47. The summed E-state index contributed by atoms with van der Waals surface area (Å²) >= 11 is 3.46. The normalized spacial score (nSPS) is 16.1. The summed E-state index contributed by atoms with van der Waals surface area (Å²) in [5.41, 5.74) is -1.27. The fourth-order valence-electron chi connectivity index (χ4n) is 4.49. The molecule has 3 nitrogen and oxygen atoms in total. The summed E-state index contributed by atoms with van der Waals surface area (Å²) in [5.74, 6) is 0.632. The van der Waals surface area contributed by atoms with Crippen molar-refractivity contribution in [3.63, 3.8) is 0 Å². The minimum atomic E-state index is -4.81. The van der Waals surface area contributed by atoms with Crippen LogP contribution >= 0.6 is 15.9 Å². The topological polar surface area (TPSA) is 42.4 Å². The van der Waals surface area contributed by atoms with Crippen molar-refractivity contribution in [2.75, 3.05) is 6.61 Å². The average Bonchev–Trinajstić information content (AvgIpc) is 3.14. The summed E-state index contributed by atoms with van der Waals surface area (Å²) in [6.07, 6.45) is -3.68. The number of aromatic nitrogens is 1. The number of nitrogens with zero attached hydrogens (tertiary/aromatic N) is 1. The number of halogens is 4. The molecule has 2 heterocycles. The van der Waals surface area contributed by atoms with Crippen LogP contribution in [0.4, 0.5) is 13.2 Å². The standard InChI is InChI=1S/C24H23BrF3NO2/c1-22(2,19-12-17(25)11-15-8-10-31-21(15)19)14-23(30,24(26,27)28)13-16-7-9-29-20-6-4-3-5-18(16)20/h3-7,9,11-12,30H,8,10,13-14H2,1-2H3. The molecule has 0 aliphatic carbocycles. The molecule has 1 atom stereocenters. The first-order valence-electron chi connectivity index (χ1n) is 10.1. The molecule has 7 heteroatoms. The van der Waals surface area contributed by atoms with Crippen LogP contribution in [0, 0.1) is 0 Å². The van der Waals surface area contributed by atoms with E-state index >= 15 is 0 Å². The van der Waals surface area contributed by atoms with Gasteiger partial charge < -0.3 is 9.84 Å². The molecule has 0 radical (unpaired) electrons. The smallest absolute Gasteiger partial charge is 0.417 e. The number of aliphatic hydroxyl groups is 1. The Morgan fingerprint density at radius 3 is 2.61 bits per heavy atom. The van der Waals surface area contributed by atoms with E-state index in [0.717, 1.165) is 10.0 Å². The van der Waals surface area contributed by atoms with Crippen LogP contribution in [-0.4, -0.2) is 28.5 Å². The number of alkyl halides is 3. The third kappa shape index (κ3) is 4.17. The second kappa shape index (κ2) is 7.78. The number of para-hydroxylation sites is 1. The third-order valence-electron chi connectivity index (χ3n) is 5.96. The van der Waals surface area contributed by atoms with Gasteiger partial charge in [-0.25, -0.2) is 0 Å². The van der Waals surface area contributed by atoms with Crippen LogP contribution in [0.1, 0.15) is 37.0 Å². The summed E-state index contributed by atoms with van der Waals surface area (Å²) in [6.45, 7) is 3.94. The lowest BCUT2D eigenvalue weighted by atomic mass is 9.72. The summed E-state index contributed by atoms with van der Waals surface area (Å²) in [4.78, 5) is 4.22. The molecule has 0 amide bonds. The maximum Gasteiger partial charge on any atom is 0.417 e. The van der Waals surface area contributed by atoms with Gasteiger partial charge in [-0.2, -0.15) is 13.2 Å². The van der Waals surface area contributed by atoms with E-state index in [2.05, 4.69) is 20.9 Å². The highest BCUT2D eigenvalue weighted by atomic mass is 79.9. The largest absolute Gasteiger partial charge is 0.493 e. The fourth-order valence-corrected chi connectivity index (χ4v) is 4.99. The van der Waals surface area contributed by atoms with Gasteiger partial charge >= 0.3 is 6.18 Å². The van der Waals surface area contributed by atoms with E-state index in [1.807, 2.05) is 6.07 Å². The van der Waals surface area contributed by atoms with Gasteiger partial charge in [0.25, 0.3) is 0 Å². The van der Waals surface area contributed by atoms with Gasteiger partial charge in [0.05, 0.1) is 12.1 Å². The third-order valence-corrected chi connectivity index (χ3v) is 6.42. The van der Waals surface area contributed by atoms with Gasteiger partial charge in [-0.05, 0) is 47.2 Å². The van der Waals surface area contributed by atoms with Crippen molar-refractivity contribution in [2.45, 2.75) is 50.3 Å². The maximum atomic E-state index is 14.3. The van der Waals surface area contributed by atoms with Crippen molar-refractivity contribution in [3.8, 4) is 5.75 Å². The Morgan fingerprint density at radius 1 is 1.13 bits per heavy atom. The van der Waals surface area contributed by atoms with Crippen molar-refractivity contribution in [1.82, 2.24) is 4.98 Å². The number of benzene rings is 2. The van der Waals surface area contributed by atoms with Crippen LogP contribution in [0.5, 0.6) is 5.75 Å². The lowest BCUT2D eigenvalue weighted by Gasteiger charge is -2.38. The average molecular weight is 494 g/mol. The maximum absolute atomic E-state index is 14.3. The molecule has 0 bridgehead atoms. The molecule has 0 spiro atoms. The second-order valence-electron chi connectivity index (χ2n) is 8.79. The van der Waals surface area contributed by atoms with Gasteiger partial charge in [0.2, 0.25) is 0 Å². The quantitative estimate of drug-likeness (QED) is 0.464. The molecular weight excluding hydrogens is 471 g/mol. The molecule has 1 aliphatic heterocycles. The van der Waals surface area contributed by atoms with Gasteiger partial charge in [-0.1, -0.05) is 48.0 Å². The van der Waals surface area contributed by atoms with Gasteiger partial charge in [0.15, 0.2) is 5.60 Å². The van der Waals surface area contributed by atoms with Crippen molar-refractivity contribution < 1.29 is 23.0 Å². The van der Waals surface area contributed by atoms with E-state index in [0.29, 0.717) is 40.8 Å². The summed E-state index contributed by atoms with van der Waals surface area (Å²) < 4.78 is 49.4. The van der Waals surface area contributed by atoms with Crippen LogP contribution in [-0.2, 0) is 18.3 Å². The molecule has 164 valence electrons. The Balaban J connectivity index is 1.75. The molecule has 0 fully saturated rings. The van der Waals surface area contributed by atoms with E-state index in [1.165, 1.54) is 6.20 Å². The molecule has 2 aromatic carbocycles. The van der Waals surface area contributed by atoms with Crippen molar-refractivity contribution >= 4 is 26.8 Å². The predicted molar refractivity (Wildman–Crippen MR) is 117 cm³/mol. The number of ether oxygens (including phenoxy) is 1. The van der Waals surface area contributed by atoms with Crippen LogP contribution in [0.3, 0.4) is 0 Å². The van der Waals surface area contributed by atoms with Crippen LogP contribution in [0.15, 0.2) is 53.1 Å². The molecule has 1 aromatic heterocycles. The predicted octanol–water partition coefficient (Wildman–Crippen LogP) is 6.14. The molecule has 4 rings (SSSR count). The highest BCUT2D eigenvalue weighted by Gasteiger charge is 2.56. The molecule has 1 aliphatic rings. The minimum absolute atomic E-state index is 0.414. The van der Waals surface area contributed by atoms with Crippen molar-refractivity contribution in [1.29, 1.82) is 0 Å². The number of pyridine rings is 1. The molecule has 3 aromatic rings. The monoisotopic (exact) mass is 493 g/mol. The summed E-state index contributed by atoms with van der Waals surface area (Å²) in [7, 11) is 0. The molecule has 1 unspecified atom stereocenters. The first kappa shape index (κ1) is 22.1. The molecular formula is C24H23BrF3NO2. The fraction of sp³-hybridized carbons (Fsp3) is 0.375. The van der Waals surface area contributed by atoms with Gasteiger partial charge in [-0.15, -0.1) is 0 Å². The molecule has 31 heavy (non-hydrogen) atoms. The SMILES string of the molecule is CC(C)(CC(O)(Cc1ccnc2ccccc12)C(F)(F)F)c1cc(Br)cc2c1OCC2. The summed E-state index contributed by atoms with van der Waals surface area (Å²) in [5, 5.41) is 11.7. The zero-order valence-electron chi connectivity index (χ0n) is 17.3. The Hall–Kier alpha value is -2.12. The lowest BCUT2D eigenvalue weighted by Crippen LogP contribution is -2.50. The van der Waals surface area contributed by atoms with E-state index in [4.69, 9.17) is 4.74 Å². The summed E-state index contributed by atoms with van der Waals surface area (Å²) in [6, 6.07) is 12.3. The zero-order valence-corrected chi connectivity index (χ0v) is 18.8. The first-order chi connectivity index (χ1) is 14.5. The Bertz CT molecular complexity index is 1120. The Kier molecular flexibility index (Phi) is 5.54. The molecule has 1 N–H and O–H groups in total. The minimum Gasteiger partial charge on any atom is -0.493 e. The van der Waals surface area contributed by atoms with Gasteiger partial charge in [0.1, 0.15) is 5.75 Å². The van der Waals surface area contributed by atoms with E-state index in [9.17, 15) is 18.3 Å². The molecule has 0 saturated carbocycles. The molecule has 0 saturated heterocycles. The zero-order chi connectivity index (χ0) is 22.4. The van der Waals surface area contributed by atoms with Gasteiger partial charge in [-0.3, -0.25) is 4.98 Å². The Labute approximate surface area is 187 Å². The van der Waals surface area contributed by atoms with Crippen LogP contribution in [0.2, 0.25) is 0 Å². The number of fused-ring (bicyclic) bond motifs is 2. The van der Waals surface area contributed by atoms with Crippen molar-refractivity contribution in [2.24, 2.45) is 0 Å². The van der Waals surface area contributed by atoms with E-state index in [1.54, 1.807) is 50.2 Å². The Morgan fingerprint density at radius 2 is 1.87 bits per heavy atom. The number of hydrogen-bond donors (Lipinski definition) is 1. The number of rotatable bonds is 5.